The molecule has 1 unspecified atom stereocenters. The second-order valence-corrected chi connectivity index (χ2v) is 4.73. The van der Waals surface area contributed by atoms with Crippen LogP contribution < -0.4 is 5.32 Å². The minimum atomic E-state index is -4.70. The molecule has 0 bridgehead atoms. The van der Waals surface area contributed by atoms with Crippen LogP contribution in [0.5, 0.6) is 0 Å². The minimum Gasteiger partial charge on any atom is -0.377 e. The first-order valence-electron chi connectivity index (χ1n) is 6.47. The number of hydrogen-bond acceptors (Lipinski definition) is 2. The van der Waals surface area contributed by atoms with Crippen LogP contribution in [0.4, 0.5) is 17.6 Å². The fourth-order valence-corrected chi connectivity index (χ4v) is 1.78. The molecule has 0 spiro atoms. The van der Waals surface area contributed by atoms with Gasteiger partial charge in [-0.15, -0.1) is 0 Å². The summed E-state index contributed by atoms with van der Waals surface area (Å²) in [5, 5.41) is 3.04. The SMILES string of the molecule is CCNC(COC(C)C)c1ccc(F)c(C(F)(F)F)c1. The Morgan fingerprint density at radius 3 is 2.40 bits per heavy atom. The summed E-state index contributed by atoms with van der Waals surface area (Å²) in [5.74, 6) is -1.26. The first kappa shape index (κ1) is 16.9. The number of nitrogens with one attached hydrogen (secondary N) is 1. The van der Waals surface area contributed by atoms with Crippen LogP contribution in [0.3, 0.4) is 0 Å². The molecule has 0 saturated heterocycles. The minimum absolute atomic E-state index is 0.0290. The van der Waals surface area contributed by atoms with Crippen molar-refractivity contribution in [2.75, 3.05) is 13.2 Å². The molecule has 1 aromatic rings. The van der Waals surface area contributed by atoms with Crippen LogP contribution in [0, 0.1) is 5.82 Å². The van der Waals surface area contributed by atoms with E-state index in [1.54, 1.807) is 0 Å². The summed E-state index contributed by atoms with van der Waals surface area (Å²) >= 11 is 0. The van der Waals surface area contributed by atoms with Gasteiger partial charge in [-0.05, 0) is 38.1 Å². The van der Waals surface area contributed by atoms with E-state index in [0.29, 0.717) is 12.1 Å². The average molecular weight is 293 g/mol. The lowest BCUT2D eigenvalue weighted by Gasteiger charge is -2.21. The molecule has 0 saturated carbocycles. The van der Waals surface area contributed by atoms with E-state index in [2.05, 4.69) is 5.32 Å². The van der Waals surface area contributed by atoms with Crippen LogP contribution in [-0.4, -0.2) is 19.3 Å². The predicted molar refractivity (Wildman–Crippen MR) is 68.9 cm³/mol. The molecule has 0 aromatic heterocycles. The normalized spacial score (nSPS) is 13.8. The molecule has 1 atom stereocenters. The molecule has 0 aliphatic rings. The van der Waals surface area contributed by atoms with E-state index >= 15 is 0 Å². The molecule has 114 valence electrons. The highest BCUT2D eigenvalue weighted by Gasteiger charge is 2.34. The Hall–Kier alpha value is -1.14. The summed E-state index contributed by atoms with van der Waals surface area (Å²) in [6.07, 6.45) is -4.73. The van der Waals surface area contributed by atoms with Gasteiger partial charge in [-0.3, -0.25) is 0 Å². The van der Waals surface area contributed by atoms with E-state index in [9.17, 15) is 17.6 Å². The molecule has 6 heteroatoms. The van der Waals surface area contributed by atoms with E-state index in [-0.39, 0.29) is 12.7 Å². The van der Waals surface area contributed by atoms with Gasteiger partial charge < -0.3 is 10.1 Å². The first-order chi connectivity index (χ1) is 9.25. The van der Waals surface area contributed by atoms with Crippen molar-refractivity contribution in [2.45, 2.75) is 39.1 Å². The highest BCUT2D eigenvalue weighted by molar-refractivity contribution is 5.29. The van der Waals surface area contributed by atoms with Crippen LogP contribution in [0.2, 0.25) is 0 Å². The first-order valence-corrected chi connectivity index (χ1v) is 6.47. The number of likely N-dealkylation sites (N-methyl/N-ethyl adjacent to an activating group) is 1. The van der Waals surface area contributed by atoms with Crippen molar-refractivity contribution in [3.8, 4) is 0 Å². The second-order valence-electron chi connectivity index (χ2n) is 4.73. The summed E-state index contributed by atoms with van der Waals surface area (Å²) in [5.41, 5.74) is -0.885. The van der Waals surface area contributed by atoms with Crippen molar-refractivity contribution < 1.29 is 22.3 Å². The van der Waals surface area contributed by atoms with Crippen molar-refractivity contribution in [3.63, 3.8) is 0 Å². The van der Waals surface area contributed by atoms with Crippen molar-refractivity contribution in [1.29, 1.82) is 0 Å². The molecule has 0 aliphatic carbocycles. The Morgan fingerprint density at radius 1 is 1.25 bits per heavy atom. The molecule has 1 aromatic carbocycles. The van der Waals surface area contributed by atoms with Crippen LogP contribution in [0.1, 0.15) is 37.9 Å². The monoisotopic (exact) mass is 293 g/mol. The fourth-order valence-electron chi connectivity index (χ4n) is 1.78. The van der Waals surface area contributed by atoms with Crippen LogP contribution in [0.25, 0.3) is 0 Å². The topological polar surface area (TPSA) is 21.3 Å². The van der Waals surface area contributed by atoms with Gasteiger partial charge in [-0.2, -0.15) is 13.2 Å². The Bertz CT molecular complexity index is 432. The Morgan fingerprint density at radius 2 is 1.90 bits per heavy atom. The van der Waals surface area contributed by atoms with Gasteiger partial charge in [0.2, 0.25) is 0 Å². The van der Waals surface area contributed by atoms with Gasteiger partial charge in [0, 0.05) is 0 Å². The molecular formula is C14H19F4NO. The Kier molecular flexibility index (Phi) is 5.95. The van der Waals surface area contributed by atoms with Gasteiger partial charge in [0.05, 0.1) is 24.3 Å². The van der Waals surface area contributed by atoms with Crippen LogP contribution in [0.15, 0.2) is 18.2 Å². The number of ether oxygens (including phenoxy) is 1. The molecule has 0 amide bonds. The van der Waals surface area contributed by atoms with Crippen molar-refractivity contribution in [1.82, 2.24) is 5.32 Å². The number of rotatable bonds is 6. The highest BCUT2D eigenvalue weighted by Crippen LogP contribution is 2.33. The standard InChI is InChI=1S/C14H19F4NO/c1-4-19-13(8-20-9(2)3)10-5-6-12(15)11(7-10)14(16,17)18/h5-7,9,13,19H,4,8H2,1-3H3. The van der Waals surface area contributed by atoms with Gasteiger partial charge in [0.15, 0.2) is 0 Å². The van der Waals surface area contributed by atoms with Gasteiger partial charge in [0.1, 0.15) is 5.82 Å². The average Bonchev–Trinajstić information content (AvgIpc) is 2.33. The van der Waals surface area contributed by atoms with E-state index < -0.39 is 23.6 Å². The van der Waals surface area contributed by atoms with E-state index in [1.807, 2.05) is 20.8 Å². The lowest BCUT2D eigenvalue weighted by atomic mass is 10.0. The lowest BCUT2D eigenvalue weighted by Crippen LogP contribution is -2.27. The summed E-state index contributed by atoms with van der Waals surface area (Å²) in [6, 6.07) is 2.63. The number of halogens is 4. The zero-order valence-electron chi connectivity index (χ0n) is 11.7. The number of alkyl halides is 3. The molecule has 1 N–H and O–H groups in total. The second kappa shape index (κ2) is 7.04. The highest BCUT2D eigenvalue weighted by atomic mass is 19.4. The van der Waals surface area contributed by atoms with E-state index in [1.165, 1.54) is 6.07 Å². The van der Waals surface area contributed by atoms with Gasteiger partial charge in [-0.25, -0.2) is 4.39 Å². The smallest absolute Gasteiger partial charge is 0.377 e. The largest absolute Gasteiger partial charge is 0.419 e. The third-order valence-corrected chi connectivity index (χ3v) is 2.74. The summed E-state index contributed by atoms with van der Waals surface area (Å²) in [7, 11) is 0. The Balaban J connectivity index is 3.02. The third kappa shape index (κ3) is 4.76. The molecule has 0 heterocycles. The van der Waals surface area contributed by atoms with Gasteiger partial charge in [0.25, 0.3) is 0 Å². The molecule has 0 radical (unpaired) electrons. The molecule has 0 aliphatic heterocycles. The van der Waals surface area contributed by atoms with E-state index in [0.717, 1.165) is 12.1 Å². The van der Waals surface area contributed by atoms with Gasteiger partial charge >= 0.3 is 6.18 Å². The number of hydrogen-bond donors (Lipinski definition) is 1. The van der Waals surface area contributed by atoms with Crippen molar-refractivity contribution in [3.05, 3.63) is 35.1 Å². The summed E-state index contributed by atoms with van der Waals surface area (Å²) < 4.78 is 56.8. The molecule has 1 rings (SSSR count). The van der Waals surface area contributed by atoms with Crippen LogP contribution in [-0.2, 0) is 10.9 Å². The molecule has 2 nitrogen and oxygen atoms in total. The molecule has 0 fully saturated rings. The fraction of sp³-hybridized carbons (Fsp3) is 0.571. The zero-order valence-corrected chi connectivity index (χ0v) is 11.7. The molecular weight excluding hydrogens is 274 g/mol. The number of benzene rings is 1. The summed E-state index contributed by atoms with van der Waals surface area (Å²) in [4.78, 5) is 0. The quantitative estimate of drug-likeness (QED) is 0.803. The Labute approximate surface area is 116 Å². The van der Waals surface area contributed by atoms with Crippen molar-refractivity contribution in [2.24, 2.45) is 0 Å². The van der Waals surface area contributed by atoms with Crippen molar-refractivity contribution >= 4 is 0 Å². The lowest BCUT2D eigenvalue weighted by molar-refractivity contribution is -0.140. The molecule has 20 heavy (non-hydrogen) atoms. The maximum Gasteiger partial charge on any atom is 0.419 e. The predicted octanol–water partition coefficient (Wildman–Crippen LogP) is 3.92. The van der Waals surface area contributed by atoms with E-state index in [4.69, 9.17) is 4.74 Å². The maximum absolute atomic E-state index is 13.3. The third-order valence-electron chi connectivity index (χ3n) is 2.74. The zero-order chi connectivity index (χ0) is 15.3. The summed E-state index contributed by atoms with van der Waals surface area (Å²) in [6.45, 7) is 6.33. The van der Waals surface area contributed by atoms with Gasteiger partial charge in [-0.1, -0.05) is 13.0 Å². The maximum atomic E-state index is 13.3. The van der Waals surface area contributed by atoms with Crippen LogP contribution >= 0.6 is 0 Å².